The van der Waals surface area contributed by atoms with Crippen LogP contribution < -0.4 is 4.74 Å². The van der Waals surface area contributed by atoms with E-state index in [4.69, 9.17) is 9.73 Å². The van der Waals surface area contributed by atoms with Gasteiger partial charge in [0.05, 0.1) is 16.7 Å². The van der Waals surface area contributed by atoms with Gasteiger partial charge in [-0.3, -0.25) is 4.57 Å². The van der Waals surface area contributed by atoms with Crippen molar-refractivity contribution in [2.24, 2.45) is 4.99 Å². The molecule has 4 heteroatoms. The second kappa shape index (κ2) is 8.87. The zero-order chi connectivity index (χ0) is 22.9. The number of nitrogens with zero attached hydrogens (tertiary/aromatic N) is 2. The Hall–Kier alpha value is -3.37. The maximum absolute atomic E-state index is 6.16. The molecule has 0 bridgehead atoms. The molecular weight excluding hydrogens is 472 g/mol. The van der Waals surface area contributed by atoms with Crippen LogP contribution in [-0.4, -0.2) is 10.9 Å². The van der Waals surface area contributed by atoms with Crippen LogP contribution in [-0.2, 0) is 0 Å². The lowest BCUT2D eigenvalue weighted by Gasteiger charge is -2.10. The molecule has 1 aromatic heterocycles. The normalized spacial score (nSPS) is 11.8. The molecule has 4 aromatic carbocycles. The third-order valence-electron chi connectivity index (χ3n) is 5.83. The third kappa shape index (κ3) is 4.31. The summed E-state index contributed by atoms with van der Waals surface area (Å²) in [5.74, 6) is 1.98. The monoisotopic (exact) mass is 496 g/mol. The summed E-state index contributed by atoms with van der Waals surface area (Å²) in [4.78, 5) is 4.93. The van der Waals surface area contributed by atoms with Crippen molar-refractivity contribution < 1.29 is 4.74 Å². The van der Waals surface area contributed by atoms with Gasteiger partial charge in [0.25, 0.3) is 0 Å². The Morgan fingerprint density at radius 3 is 2.42 bits per heavy atom. The number of hydrogen-bond acceptors (Lipinski definition) is 2. The molecule has 0 aliphatic heterocycles. The maximum atomic E-state index is 6.16. The van der Waals surface area contributed by atoms with Crippen molar-refractivity contribution in [3.63, 3.8) is 0 Å². The molecule has 0 fully saturated rings. The van der Waals surface area contributed by atoms with Crippen LogP contribution in [0.1, 0.15) is 30.9 Å². The van der Waals surface area contributed by atoms with E-state index in [-0.39, 0.29) is 0 Å². The summed E-state index contributed by atoms with van der Waals surface area (Å²) in [6, 6.07) is 29.0. The second-order valence-corrected chi connectivity index (χ2v) is 9.50. The fourth-order valence-corrected chi connectivity index (χ4v) is 4.59. The lowest BCUT2D eigenvalue weighted by atomic mass is 9.99. The molecule has 3 nitrogen and oxygen atoms in total. The van der Waals surface area contributed by atoms with E-state index in [1.807, 2.05) is 36.7 Å². The summed E-state index contributed by atoms with van der Waals surface area (Å²) in [6.07, 6.45) is 1.93. The Morgan fingerprint density at radius 1 is 0.818 bits per heavy atom. The molecule has 0 spiro atoms. The van der Waals surface area contributed by atoms with Crippen LogP contribution in [0.25, 0.3) is 21.8 Å². The summed E-state index contributed by atoms with van der Waals surface area (Å²) >= 11 is 3.51. The predicted molar refractivity (Wildman–Crippen MR) is 142 cm³/mol. The molecule has 0 saturated heterocycles. The van der Waals surface area contributed by atoms with Crippen LogP contribution in [0.4, 0.5) is 5.69 Å². The van der Waals surface area contributed by atoms with Gasteiger partial charge in [0, 0.05) is 21.3 Å². The lowest BCUT2D eigenvalue weighted by Crippen LogP contribution is -1.96. The predicted octanol–water partition coefficient (Wildman–Crippen LogP) is 8.99. The van der Waals surface area contributed by atoms with E-state index < -0.39 is 0 Å². The highest BCUT2D eigenvalue weighted by Gasteiger charge is 2.12. The first-order valence-corrected chi connectivity index (χ1v) is 11.9. The van der Waals surface area contributed by atoms with Crippen LogP contribution in [0.2, 0.25) is 0 Å². The van der Waals surface area contributed by atoms with Gasteiger partial charge in [-0.25, -0.2) is 4.99 Å². The number of benzene rings is 4. The van der Waals surface area contributed by atoms with Crippen molar-refractivity contribution in [2.45, 2.75) is 26.7 Å². The number of halogens is 1. The molecule has 164 valence electrons. The number of aromatic nitrogens is 1. The van der Waals surface area contributed by atoms with Crippen LogP contribution in [0.3, 0.4) is 0 Å². The second-order valence-electron chi connectivity index (χ2n) is 8.59. The molecule has 0 aliphatic rings. The molecule has 0 saturated carbocycles. The molecule has 0 N–H and O–H groups in total. The van der Waals surface area contributed by atoms with Crippen LogP contribution in [0.15, 0.2) is 94.4 Å². The van der Waals surface area contributed by atoms with Gasteiger partial charge < -0.3 is 4.74 Å². The van der Waals surface area contributed by atoms with Crippen LogP contribution >= 0.6 is 15.9 Å². The Balaban J connectivity index is 1.63. The molecule has 0 atom stereocenters. The molecular formula is C29H25BrN2O. The molecule has 5 aromatic rings. The summed E-state index contributed by atoms with van der Waals surface area (Å²) < 4.78 is 9.30. The Kier molecular flexibility index (Phi) is 5.77. The third-order valence-corrected chi connectivity index (χ3v) is 6.32. The van der Waals surface area contributed by atoms with E-state index in [0.717, 1.165) is 32.7 Å². The first-order chi connectivity index (χ1) is 16.0. The SMILES string of the molecule is Cc1ccc(N=Cn2c3ccccc3c3ccc(Oc4cccc(Br)c4)cc32)c(C(C)C)c1. The van der Waals surface area contributed by atoms with Gasteiger partial charge in [0.15, 0.2) is 0 Å². The van der Waals surface area contributed by atoms with Crippen LogP contribution in [0.5, 0.6) is 11.5 Å². The fraction of sp³-hybridized carbons (Fsp3) is 0.138. The molecule has 33 heavy (non-hydrogen) atoms. The maximum Gasteiger partial charge on any atom is 0.129 e. The lowest BCUT2D eigenvalue weighted by molar-refractivity contribution is 0.483. The average molecular weight is 497 g/mol. The highest BCUT2D eigenvalue weighted by atomic mass is 79.9. The average Bonchev–Trinajstić information content (AvgIpc) is 3.11. The van der Waals surface area contributed by atoms with Gasteiger partial charge >= 0.3 is 0 Å². The van der Waals surface area contributed by atoms with Gasteiger partial charge in [-0.1, -0.05) is 71.7 Å². The Labute approximate surface area is 202 Å². The van der Waals surface area contributed by atoms with E-state index in [1.165, 1.54) is 21.9 Å². The molecule has 5 rings (SSSR count). The standard InChI is InChI=1S/C29H25BrN2O/c1-19(2)26-15-20(3)11-14-27(26)31-18-32-28-10-5-4-9-24(28)25-13-12-23(17-29(25)32)33-22-8-6-7-21(30)16-22/h4-19H,1-3H3. The quantitative estimate of drug-likeness (QED) is 0.176. The summed E-state index contributed by atoms with van der Waals surface area (Å²) in [7, 11) is 0. The van der Waals surface area contributed by atoms with Crippen molar-refractivity contribution in [1.29, 1.82) is 0 Å². The minimum absolute atomic E-state index is 0.403. The summed E-state index contributed by atoms with van der Waals surface area (Å²) in [5.41, 5.74) is 5.69. The minimum atomic E-state index is 0.403. The number of rotatable bonds is 5. The largest absolute Gasteiger partial charge is 0.457 e. The molecule has 0 radical (unpaired) electrons. The van der Waals surface area contributed by atoms with Gasteiger partial charge in [0.1, 0.15) is 17.8 Å². The Morgan fingerprint density at radius 2 is 1.61 bits per heavy atom. The summed E-state index contributed by atoms with van der Waals surface area (Å²) in [6.45, 7) is 6.54. The number of hydrogen-bond donors (Lipinski definition) is 0. The van der Waals surface area contributed by atoms with E-state index in [0.29, 0.717) is 5.92 Å². The van der Waals surface area contributed by atoms with Crippen molar-refractivity contribution in [3.8, 4) is 11.5 Å². The summed E-state index contributed by atoms with van der Waals surface area (Å²) in [5, 5.41) is 2.37. The van der Waals surface area contributed by atoms with Crippen LogP contribution in [0, 0.1) is 6.92 Å². The van der Waals surface area contributed by atoms with Gasteiger partial charge in [0.2, 0.25) is 0 Å². The number of aryl methyl sites for hydroxylation is 1. The van der Waals surface area contributed by atoms with Gasteiger partial charge in [-0.15, -0.1) is 0 Å². The van der Waals surface area contributed by atoms with Crippen molar-refractivity contribution in [2.75, 3.05) is 0 Å². The van der Waals surface area contributed by atoms with E-state index in [2.05, 4.69) is 95.9 Å². The van der Waals surface area contributed by atoms with Gasteiger partial charge in [-0.2, -0.15) is 0 Å². The number of fused-ring (bicyclic) bond motifs is 3. The molecule has 0 amide bonds. The van der Waals surface area contributed by atoms with E-state index >= 15 is 0 Å². The highest BCUT2D eigenvalue weighted by Crippen LogP contribution is 2.34. The zero-order valence-electron chi connectivity index (χ0n) is 18.9. The topological polar surface area (TPSA) is 26.5 Å². The van der Waals surface area contributed by atoms with Gasteiger partial charge in [-0.05, 0) is 60.9 Å². The molecule has 0 aliphatic carbocycles. The first-order valence-electron chi connectivity index (χ1n) is 11.1. The van der Waals surface area contributed by atoms with Crippen molar-refractivity contribution in [3.05, 3.63) is 101 Å². The molecule has 0 unspecified atom stereocenters. The van der Waals surface area contributed by atoms with E-state index in [1.54, 1.807) is 0 Å². The number of aliphatic imine (C=N–C) groups is 1. The number of ether oxygens (including phenoxy) is 1. The van der Waals surface area contributed by atoms with E-state index in [9.17, 15) is 0 Å². The minimum Gasteiger partial charge on any atom is -0.457 e. The highest BCUT2D eigenvalue weighted by molar-refractivity contribution is 9.10. The van der Waals surface area contributed by atoms with Crippen molar-refractivity contribution in [1.82, 2.24) is 4.57 Å². The van der Waals surface area contributed by atoms with Crippen molar-refractivity contribution >= 4 is 49.8 Å². The first kappa shape index (κ1) is 21.5. The zero-order valence-corrected chi connectivity index (χ0v) is 20.5. The Bertz CT molecular complexity index is 1500. The fourth-order valence-electron chi connectivity index (χ4n) is 4.21. The number of para-hydroxylation sites is 1. The smallest absolute Gasteiger partial charge is 0.129 e. The molecule has 1 heterocycles.